The molecule has 12 nitrogen and oxygen atoms in total. The first kappa shape index (κ1) is 37.8. The lowest BCUT2D eigenvalue weighted by Crippen LogP contribution is -2.51. The molecule has 0 spiro atoms. The van der Waals surface area contributed by atoms with E-state index in [0.29, 0.717) is 12.4 Å². The lowest BCUT2D eigenvalue weighted by atomic mass is 10.00. The smallest absolute Gasteiger partial charge is 0.405 e. The number of rotatable bonds is 13. The fraction of sp³-hybridized carbons (Fsp3) is 0.488. The zero-order chi connectivity index (χ0) is 37.8. The molecule has 4 atom stereocenters. The molecule has 53 heavy (non-hydrogen) atoms. The molecule has 12 heteroatoms. The molecule has 2 fully saturated rings. The number of likely N-dealkylation sites (tertiary alicyclic amines) is 2. The largest absolute Gasteiger partial charge is 0.465 e. The van der Waals surface area contributed by atoms with Crippen molar-refractivity contribution in [3.63, 3.8) is 0 Å². The summed E-state index contributed by atoms with van der Waals surface area (Å²) >= 11 is 0. The molecule has 4 aromatic rings. The quantitative estimate of drug-likeness (QED) is 0.115. The molecule has 0 radical (unpaired) electrons. The summed E-state index contributed by atoms with van der Waals surface area (Å²) in [5.41, 5.74) is 5.97. The molecule has 2 aliphatic rings. The topological polar surface area (TPSA) is 151 Å². The van der Waals surface area contributed by atoms with Crippen molar-refractivity contribution < 1.29 is 19.5 Å². The average molecular weight is 723 g/mol. The van der Waals surface area contributed by atoms with Gasteiger partial charge in [0, 0.05) is 13.1 Å². The van der Waals surface area contributed by atoms with Crippen LogP contribution < -0.4 is 5.32 Å². The Bertz CT molecular complexity index is 1860. The number of amides is 3. The van der Waals surface area contributed by atoms with Gasteiger partial charge in [-0.2, -0.15) is 0 Å². The van der Waals surface area contributed by atoms with Crippen LogP contribution in [-0.2, 0) is 9.59 Å². The second-order valence-electron chi connectivity index (χ2n) is 15.0. The van der Waals surface area contributed by atoms with Crippen LogP contribution in [0.3, 0.4) is 0 Å². The van der Waals surface area contributed by atoms with Crippen molar-refractivity contribution in [2.24, 2.45) is 11.8 Å². The number of carboxylic acid groups (broad SMARTS) is 1. The Labute approximate surface area is 312 Å². The van der Waals surface area contributed by atoms with Crippen molar-refractivity contribution in [2.75, 3.05) is 26.2 Å². The van der Waals surface area contributed by atoms with Gasteiger partial charge in [-0.05, 0) is 72.9 Å². The molecular formula is C41H54N8O4. The van der Waals surface area contributed by atoms with Gasteiger partial charge < -0.3 is 30.2 Å². The second kappa shape index (κ2) is 16.4. The van der Waals surface area contributed by atoms with Gasteiger partial charge >= 0.3 is 6.09 Å². The highest BCUT2D eigenvalue weighted by molar-refractivity contribution is 5.86. The Hall–Kier alpha value is -4.97. The van der Waals surface area contributed by atoms with Gasteiger partial charge in [0.15, 0.2) is 0 Å². The number of hydrogen-bond donors (Lipinski definition) is 4. The van der Waals surface area contributed by atoms with Gasteiger partial charge in [-0.15, -0.1) is 0 Å². The minimum atomic E-state index is -1.20. The Kier molecular flexibility index (Phi) is 11.7. The van der Waals surface area contributed by atoms with Crippen molar-refractivity contribution in [3.8, 4) is 33.6 Å². The van der Waals surface area contributed by atoms with Crippen LogP contribution in [0.4, 0.5) is 4.79 Å². The molecule has 6 rings (SSSR count). The van der Waals surface area contributed by atoms with Gasteiger partial charge in [0.05, 0.1) is 41.9 Å². The average Bonchev–Trinajstić information content (AvgIpc) is 3.98. The van der Waals surface area contributed by atoms with E-state index < -0.39 is 12.1 Å². The normalized spacial score (nSPS) is 18.7. The number of nitrogens with zero attached hydrogens (tertiary/aromatic N) is 5. The molecule has 3 amide bonds. The monoisotopic (exact) mass is 722 g/mol. The maximum Gasteiger partial charge on any atom is 0.405 e. The minimum Gasteiger partial charge on any atom is -0.465 e. The molecule has 2 aliphatic heterocycles. The van der Waals surface area contributed by atoms with Gasteiger partial charge in [-0.25, -0.2) is 14.8 Å². The fourth-order valence-corrected chi connectivity index (χ4v) is 8.09. The van der Waals surface area contributed by atoms with Crippen LogP contribution in [0.25, 0.3) is 33.6 Å². The summed E-state index contributed by atoms with van der Waals surface area (Å²) in [6.45, 7) is 15.2. The highest BCUT2D eigenvalue weighted by atomic mass is 16.4. The van der Waals surface area contributed by atoms with E-state index in [1.807, 2.05) is 24.9 Å². The van der Waals surface area contributed by atoms with Crippen molar-refractivity contribution in [1.29, 1.82) is 0 Å². The Balaban J connectivity index is 1.11. The summed E-state index contributed by atoms with van der Waals surface area (Å²) in [5, 5.41) is 11.7. The molecule has 2 saturated heterocycles. The number of likely N-dealkylation sites (N-methyl/N-ethyl adjacent to an activating group) is 1. The summed E-state index contributed by atoms with van der Waals surface area (Å²) < 4.78 is 0. The van der Waals surface area contributed by atoms with E-state index >= 15 is 0 Å². The van der Waals surface area contributed by atoms with Crippen LogP contribution in [0.1, 0.15) is 91.0 Å². The first-order valence-electron chi connectivity index (χ1n) is 19.2. The third-order valence-corrected chi connectivity index (χ3v) is 10.9. The first-order valence-corrected chi connectivity index (χ1v) is 19.2. The lowest BCUT2D eigenvalue weighted by molar-refractivity contribution is -0.139. The van der Waals surface area contributed by atoms with E-state index in [-0.39, 0.29) is 41.8 Å². The Morgan fingerprint density at radius 3 is 1.57 bits per heavy atom. The van der Waals surface area contributed by atoms with Crippen LogP contribution in [-0.4, -0.2) is 95.9 Å². The van der Waals surface area contributed by atoms with Gasteiger partial charge in [0.25, 0.3) is 0 Å². The SMILES string of the molecule is CCN(CC)[C@@H](C(=O)N1CCC[C@H]1c1ncc(-c2ccc(-c3ccc(-c4cnc([C@@H]5CCCN5C(=O)[C@@H](NC(=O)O)C(C)C)[nH]4)cc3)cc2)[nH]1)C(C)C. The number of nitrogens with one attached hydrogen (secondary N) is 3. The fourth-order valence-electron chi connectivity index (χ4n) is 8.09. The lowest BCUT2D eigenvalue weighted by Gasteiger charge is -2.36. The van der Waals surface area contributed by atoms with Crippen molar-refractivity contribution in [3.05, 3.63) is 72.6 Å². The summed E-state index contributed by atoms with van der Waals surface area (Å²) in [6.07, 6.45) is 5.93. The molecule has 0 unspecified atom stereocenters. The van der Waals surface area contributed by atoms with Gasteiger partial charge in [-0.1, -0.05) is 90.1 Å². The number of aromatic amines is 2. The molecule has 0 saturated carbocycles. The van der Waals surface area contributed by atoms with Crippen LogP contribution in [0.5, 0.6) is 0 Å². The van der Waals surface area contributed by atoms with Crippen LogP contribution in [0.2, 0.25) is 0 Å². The van der Waals surface area contributed by atoms with Crippen LogP contribution >= 0.6 is 0 Å². The second-order valence-corrected chi connectivity index (χ2v) is 15.0. The number of carbonyl (C=O) groups excluding carboxylic acids is 2. The minimum absolute atomic E-state index is 0.0465. The zero-order valence-electron chi connectivity index (χ0n) is 31.8. The summed E-state index contributed by atoms with van der Waals surface area (Å²) in [6, 6.07) is 15.5. The Morgan fingerprint density at radius 2 is 1.17 bits per heavy atom. The third kappa shape index (κ3) is 8.02. The van der Waals surface area contributed by atoms with Gasteiger partial charge in [-0.3, -0.25) is 14.5 Å². The van der Waals surface area contributed by atoms with Crippen LogP contribution in [0, 0.1) is 11.8 Å². The van der Waals surface area contributed by atoms with E-state index in [1.54, 1.807) is 11.1 Å². The number of H-pyrrole nitrogens is 2. The van der Waals surface area contributed by atoms with Crippen molar-refractivity contribution >= 4 is 17.9 Å². The molecule has 2 aromatic carbocycles. The molecular weight excluding hydrogens is 669 g/mol. The first-order chi connectivity index (χ1) is 25.5. The molecule has 0 aliphatic carbocycles. The third-order valence-electron chi connectivity index (χ3n) is 10.9. The Morgan fingerprint density at radius 1 is 0.736 bits per heavy atom. The summed E-state index contributed by atoms with van der Waals surface area (Å²) in [4.78, 5) is 61.0. The molecule has 4 N–H and O–H groups in total. The van der Waals surface area contributed by atoms with Gasteiger partial charge in [0.2, 0.25) is 11.8 Å². The van der Waals surface area contributed by atoms with Crippen LogP contribution in [0.15, 0.2) is 60.9 Å². The number of carbonyl (C=O) groups is 3. The van der Waals surface area contributed by atoms with E-state index in [2.05, 4.69) is 101 Å². The number of imidazole rings is 2. The maximum absolute atomic E-state index is 13.8. The van der Waals surface area contributed by atoms with E-state index in [1.165, 1.54) is 0 Å². The molecule has 282 valence electrons. The van der Waals surface area contributed by atoms with Gasteiger partial charge in [0.1, 0.15) is 17.7 Å². The number of benzene rings is 2. The van der Waals surface area contributed by atoms with E-state index in [9.17, 15) is 19.5 Å². The predicted octanol–water partition coefficient (Wildman–Crippen LogP) is 7.12. The van der Waals surface area contributed by atoms with E-state index in [0.717, 1.165) is 84.8 Å². The number of hydrogen-bond acceptors (Lipinski definition) is 6. The maximum atomic E-state index is 13.8. The van der Waals surface area contributed by atoms with E-state index in [4.69, 9.17) is 4.98 Å². The number of aromatic nitrogens is 4. The predicted molar refractivity (Wildman–Crippen MR) is 206 cm³/mol. The highest BCUT2D eigenvalue weighted by Crippen LogP contribution is 2.35. The van der Waals surface area contributed by atoms with Crippen molar-refractivity contribution in [2.45, 2.75) is 91.4 Å². The van der Waals surface area contributed by atoms with Crippen molar-refractivity contribution in [1.82, 2.24) is 40.0 Å². The standard InChI is InChI=1S/C41H54N8O4/c1-7-47(8-2)36(26(5)6)40(51)49-22-10-12-34(49)38-43-24-32(45-38)30-19-15-28(16-20-30)27-13-17-29(18-14-27)31-23-42-37(44-31)33-11-9-21-48(33)39(50)35(25(3)4)46-41(52)53/h13-20,23-26,33-36,46H,7-12,21-22H2,1-6H3,(H,42,44)(H,43,45)(H,52,53)/t33-,34-,35-,36+/m0/s1. The molecule has 2 aromatic heterocycles. The molecule has 0 bridgehead atoms. The zero-order valence-corrected chi connectivity index (χ0v) is 31.8. The highest BCUT2D eigenvalue weighted by Gasteiger charge is 2.39. The molecule has 4 heterocycles. The summed E-state index contributed by atoms with van der Waals surface area (Å²) in [7, 11) is 0. The summed E-state index contributed by atoms with van der Waals surface area (Å²) in [5.74, 6) is 1.59.